The highest BCUT2D eigenvalue weighted by atomic mass is 32.3. The van der Waals surface area contributed by atoms with Crippen molar-refractivity contribution in [3.63, 3.8) is 0 Å². The van der Waals surface area contributed by atoms with Gasteiger partial charge in [-0.15, -0.1) is 24.8 Å². The number of methoxy groups -OCH3 is 1. The fourth-order valence-electron chi connectivity index (χ4n) is 4.51. The summed E-state index contributed by atoms with van der Waals surface area (Å²) < 4.78 is 104. The molecule has 0 amide bonds. The standard InChI is InChI=1S/C30H30N6O15S5.H2O/c1-17-13-23(24(47-4)16-25(17)52-11-10-48-51-56(44,45)46)33-35-29-26(53-50-49-38)15-20-19(30(29)37)6-7-21(31)28(20)34-32-22-8-5-18(14-27(22)55(41,42)43)54(39,40)12-9-36(2)3;/h5-8,13-16,37-38H,9,12,31H2,1-4H3,(H,41,42,43)(H,44,45,46);1H2. The highest BCUT2D eigenvalue weighted by molar-refractivity contribution is 8.04. The number of benzene rings is 4. The first-order valence-electron chi connectivity index (χ1n) is 15.0. The summed E-state index contributed by atoms with van der Waals surface area (Å²) in [6.45, 7) is 1.83. The average molecular weight is 893 g/mol. The van der Waals surface area contributed by atoms with Crippen LogP contribution < -0.4 is 10.5 Å². The van der Waals surface area contributed by atoms with Crippen molar-refractivity contribution in [1.82, 2.24) is 4.90 Å². The summed E-state index contributed by atoms with van der Waals surface area (Å²) in [6, 6.07) is 10.1. The van der Waals surface area contributed by atoms with Crippen molar-refractivity contribution in [3.05, 3.63) is 54.1 Å². The number of sulfone groups is 1. The lowest BCUT2D eigenvalue weighted by Crippen LogP contribution is -2.22. The van der Waals surface area contributed by atoms with E-state index in [1.165, 1.54) is 31.4 Å². The molecule has 4 aromatic carbocycles. The van der Waals surface area contributed by atoms with Crippen LogP contribution in [0.25, 0.3) is 10.8 Å². The number of anilines is 1. The van der Waals surface area contributed by atoms with Crippen LogP contribution in [0.5, 0.6) is 11.5 Å². The van der Waals surface area contributed by atoms with E-state index < -0.39 is 46.7 Å². The largest absolute Gasteiger partial charge is 0.505 e. The van der Waals surface area contributed by atoms with Gasteiger partial charge in [0.2, 0.25) is 0 Å². The maximum absolute atomic E-state index is 12.8. The van der Waals surface area contributed by atoms with Crippen LogP contribution in [0.15, 0.2) is 88.6 Å². The lowest BCUT2D eigenvalue weighted by Gasteiger charge is -2.12. The number of aryl methyl sites for hydroxylation is 1. The number of aromatic hydroxyl groups is 1. The van der Waals surface area contributed by atoms with Gasteiger partial charge in [0, 0.05) is 27.5 Å². The first-order chi connectivity index (χ1) is 26.3. The average Bonchev–Trinajstić information content (AvgIpc) is 3.12. The highest BCUT2D eigenvalue weighted by Gasteiger charge is 2.23. The van der Waals surface area contributed by atoms with Gasteiger partial charge in [0.15, 0.2) is 21.7 Å². The zero-order chi connectivity index (χ0) is 41.4. The number of azo groups is 2. The summed E-state index contributed by atoms with van der Waals surface area (Å²) in [5.74, 6) is -0.647. The Morgan fingerprint density at radius 2 is 1.56 bits per heavy atom. The van der Waals surface area contributed by atoms with E-state index in [-0.39, 0.29) is 66.8 Å². The Morgan fingerprint density at radius 3 is 2.19 bits per heavy atom. The maximum atomic E-state index is 12.8. The third-order valence-electron chi connectivity index (χ3n) is 7.12. The fraction of sp³-hybridized carbons (Fsp3) is 0.200. The van der Waals surface area contributed by atoms with Crippen molar-refractivity contribution in [2.24, 2.45) is 20.5 Å². The fourth-order valence-corrected chi connectivity index (χ4v) is 7.82. The molecule has 22 nitrogen and oxygen atoms in total. The van der Waals surface area contributed by atoms with Crippen molar-refractivity contribution in [2.75, 3.05) is 39.2 Å². The van der Waals surface area contributed by atoms with Crippen molar-refractivity contribution in [3.8, 4) is 22.9 Å². The number of rotatable bonds is 16. The number of ether oxygens (including phenoxy) is 1. The molecule has 8 N–H and O–H groups in total. The van der Waals surface area contributed by atoms with Crippen LogP contribution >= 0.6 is 23.8 Å². The number of hydrogen-bond acceptors (Lipinski definition) is 21. The van der Waals surface area contributed by atoms with E-state index in [1.54, 1.807) is 32.0 Å². The molecule has 0 atom stereocenters. The first-order valence-corrected chi connectivity index (χ1v) is 21.0. The molecular weight excluding hydrogens is 861 g/mol. The van der Waals surface area contributed by atoms with Crippen molar-refractivity contribution in [2.45, 2.75) is 26.5 Å². The normalized spacial score (nSPS) is 12.2. The van der Waals surface area contributed by atoms with Crippen LogP contribution in [-0.4, -0.2) is 88.6 Å². The van der Waals surface area contributed by atoms with Gasteiger partial charge < -0.3 is 26.0 Å². The number of phenolic OH excluding ortho intramolecular Hbond substituents is 1. The van der Waals surface area contributed by atoms with Gasteiger partial charge in [-0.1, -0.05) is 5.04 Å². The van der Waals surface area contributed by atoms with Gasteiger partial charge >= 0.3 is 10.4 Å². The molecule has 308 valence electrons. The number of phenols is 1. The zero-order valence-electron chi connectivity index (χ0n) is 29.7. The number of fused-ring (bicyclic) bond motifs is 1. The Labute approximate surface area is 333 Å². The van der Waals surface area contributed by atoms with Crippen LogP contribution in [0.2, 0.25) is 0 Å². The molecule has 4 aromatic rings. The Hall–Kier alpha value is -4.67. The zero-order valence-corrected chi connectivity index (χ0v) is 33.7. The van der Waals surface area contributed by atoms with Gasteiger partial charge in [-0.05, 0) is 91.2 Å². The molecule has 4 rings (SSSR count). The molecule has 0 aliphatic carbocycles. The van der Waals surface area contributed by atoms with Gasteiger partial charge in [-0.25, -0.2) is 13.7 Å². The van der Waals surface area contributed by atoms with Crippen LogP contribution in [0.3, 0.4) is 0 Å². The quantitative estimate of drug-likeness (QED) is 0.0141. The summed E-state index contributed by atoms with van der Waals surface area (Å²) in [7, 11) is -9.16. The smallest absolute Gasteiger partial charge is 0.433 e. The maximum Gasteiger partial charge on any atom is 0.433 e. The second kappa shape index (κ2) is 19.7. The third kappa shape index (κ3) is 12.4. The number of hydrogen-bond donors (Lipinski definition) is 5. The molecule has 0 aliphatic heterocycles. The molecule has 0 aromatic heterocycles. The minimum Gasteiger partial charge on any atom is -0.505 e. The predicted octanol–water partition coefficient (Wildman–Crippen LogP) is 5.22. The molecule has 0 spiro atoms. The van der Waals surface area contributed by atoms with Gasteiger partial charge in [0.25, 0.3) is 10.1 Å². The predicted molar refractivity (Wildman–Crippen MR) is 205 cm³/mol. The molecule has 0 fully saturated rings. The monoisotopic (exact) mass is 892 g/mol. The molecule has 0 unspecified atom stereocenters. The molecule has 27 heteroatoms. The number of nitrogen functional groups attached to an aromatic ring is 1. The summed E-state index contributed by atoms with van der Waals surface area (Å²) in [5, 5.41) is 43.1. The molecule has 0 saturated carbocycles. The molecule has 0 heterocycles. The number of thioether (sulfide) groups is 1. The van der Waals surface area contributed by atoms with Crippen LogP contribution in [-0.2, 0) is 48.9 Å². The van der Waals surface area contributed by atoms with E-state index in [1.807, 2.05) is 6.11 Å². The van der Waals surface area contributed by atoms with Gasteiger partial charge in [-0.2, -0.15) is 16.8 Å². The lowest BCUT2D eigenvalue weighted by atomic mass is 10.1. The van der Waals surface area contributed by atoms with E-state index in [2.05, 4.69) is 44.3 Å². The van der Waals surface area contributed by atoms with Crippen LogP contribution in [0, 0.1) is 18.3 Å². The minimum absolute atomic E-state index is 0. The molecular formula is C30H32N6O16S5. The van der Waals surface area contributed by atoms with E-state index in [0.717, 1.165) is 30.0 Å². The number of nitrogens with zero attached hydrogens (tertiary/aromatic N) is 5. The Morgan fingerprint density at radius 1 is 0.877 bits per heavy atom. The number of nitrogens with two attached hydrogens (primary N) is 1. The van der Waals surface area contributed by atoms with Crippen LogP contribution in [0.1, 0.15) is 5.56 Å². The second-order valence-corrected chi connectivity index (χ2v) is 17.3. The minimum atomic E-state index is -5.02. The van der Waals surface area contributed by atoms with Gasteiger partial charge in [-0.3, -0.25) is 14.0 Å². The van der Waals surface area contributed by atoms with Crippen molar-refractivity contribution >= 4 is 93.4 Å². The van der Waals surface area contributed by atoms with E-state index >= 15 is 0 Å². The lowest BCUT2D eigenvalue weighted by molar-refractivity contribution is -0.432. The molecule has 0 radical (unpaired) electrons. The summed E-state index contributed by atoms with van der Waals surface area (Å²) in [4.78, 5) is 5.00. The van der Waals surface area contributed by atoms with Crippen LogP contribution in [0.4, 0.5) is 28.4 Å². The highest BCUT2D eigenvalue weighted by Crippen LogP contribution is 2.48. The van der Waals surface area contributed by atoms with Crippen molar-refractivity contribution < 1.29 is 73.5 Å². The summed E-state index contributed by atoms with van der Waals surface area (Å²) in [6.07, 6.45) is 1.93. The Kier molecular flexibility index (Phi) is 16.1. The molecule has 0 aliphatic rings. The van der Waals surface area contributed by atoms with Gasteiger partial charge in [0.05, 0.1) is 40.4 Å². The molecule has 0 saturated heterocycles. The Balaban J connectivity index is 0.00000870. The van der Waals surface area contributed by atoms with E-state index in [9.17, 15) is 34.9 Å². The first kappa shape index (κ1) is 46.7. The SMILES string of the molecule is COc1cc(SC#COOS(=O)(=O)O)c(C)cc1N=Nc1c(SOOO)cc2c(N=Nc3ccc(S(=O)(=O)CCN(C)C)cc3S(=O)(=O)O)c(N)ccc2c1O.O. The molecule has 0 bridgehead atoms. The van der Waals surface area contributed by atoms with E-state index in [0.29, 0.717) is 22.5 Å². The van der Waals surface area contributed by atoms with Gasteiger partial charge in [0.1, 0.15) is 33.4 Å². The van der Waals surface area contributed by atoms with E-state index in [4.69, 9.17) is 20.3 Å². The third-order valence-corrected chi connectivity index (χ3v) is 11.4. The summed E-state index contributed by atoms with van der Waals surface area (Å²) in [5.41, 5.74) is 6.20. The summed E-state index contributed by atoms with van der Waals surface area (Å²) >= 11 is 1.28. The van der Waals surface area contributed by atoms with Crippen molar-refractivity contribution in [1.29, 1.82) is 0 Å². The molecule has 57 heavy (non-hydrogen) atoms. The topological polar surface area (TPSA) is 340 Å². The second-order valence-electron chi connectivity index (χ2n) is 11.2. The Bertz CT molecular complexity index is 2600.